The fourth-order valence-corrected chi connectivity index (χ4v) is 5.82. The molecule has 1 aliphatic rings. The van der Waals surface area contributed by atoms with Crippen molar-refractivity contribution in [3.05, 3.63) is 78.2 Å². The van der Waals surface area contributed by atoms with E-state index in [9.17, 15) is 30.8 Å². The average Bonchev–Trinajstić information content (AvgIpc) is 3.34. The van der Waals surface area contributed by atoms with Gasteiger partial charge in [-0.15, -0.1) is 13.2 Å². The monoisotopic (exact) mass is 522 g/mol. The Morgan fingerprint density at radius 1 is 1.06 bits per heavy atom. The Morgan fingerprint density at radius 2 is 1.75 bits per heavy atom. The molecular weight excluding hydrogens is 500 g/mol. The van der Waals surface area contributed by atoms with E-state index in [0.717, 1.165) is 17.7 Å². The lowest BCUT2D eigenvalue weighted by Crippen LogP contribution is -2.40. The largest absolute Gasteiger partial charge is 0.573 e. The number of Topliss-reactive ketones (excluding diaryl/α,β-unsaturated/α-hetero) is 1. The van der Waals surface area contributed by atoms with Crippen molar-refractivity contribution in [3.8, 4) is 17.0 Å². The minimum atomic E-state index is -4.78. The smallest absolute Gasteiger partial charge is 0.406 e. The third-order valence-electron chi connectivity index (χ3n) is 5.86. The average molecular weight is 523 g/mol. The highest BCUT2D eigenvalue weighted by Crippen LogP contribution is 2.29. The molecule has 3 aromatic rings. The molecule has 36 heavy (non-hydrogen) atoms. The van der Waals surface area contributed by atoms with Crippen LogP contribution >= 0.6 is 0 Å². The lowest BCUT2D eigenvalue weighted by Gasteiger charge is -2.23. The molecule has 0 saturated carbocycles. The second kappa shape index (κ2) is 10.4. The highest BCUT2D eigenvalue weighted by atomic mass is 32.2. The number of hydrogen-bond acceptors (Lipinski definition) is 5. The van der Waals surface area contributed by atoms with E-state index in [0.29, 0.717) is 30.5 Å². The maximum absolute atomic E-state index is 13.2. The van der Waals surface area contributed by atoms with Crippen LogP contribution in [0.15, 0.2) is 71.8 Å². The fourth-order valence-electron chi connectivity index (χ4n) is 4.14. The van der Waals surface area contributed by atoms with E-state index < -0.39 is 28.2 Å². The molecule has 6 nitrogen and oxygen atoms in total. The van der Waals surface area contributed by atoms with E-state index in [1.807, 2.05) is 0 Å². The Labute approximate surface area is 205 Å². The van der Waals surface area contributed by atoms with E-state index >= 15 is 0 Å². The molecule has 2 aromatic carbocycles. The van der Waals surface area contributed by atoms with Crippen molar-refractivity contribution >= 4 is 15.8 Å². The molecule has 0 unspecified atom stereocenters. The first kappa shape index (κ1) is 25.8. The predicted octanol–water partition coefficient (Wildman–Crippen LogP) is 5.14. The highest BCUT2D eigenvalue weighted by Gasteiger charge is 2.39. The number of pyridine rings is 1. The number of alkyl halides is 3. The van der Waals surface area contributed by atoms with Gasteiger partial charge in [0.05, 0.1) is 16.6 Å². The summed E-state index contributed by atoms with van der Waals surface area (Å²) < 4.78 is 81.4. The molecule has 0 N–H and O–H groups in total. The number of ether oxygens (including phenoxy) is 1. The standard InChI is InChI=1S/C25H22F4N2O4S/c26-19-6-10-21(11-7-19)36(33,34)31-15-1-2-23(31)24(32)12-3-17-13-14-30-22(16-17)18-4-8-20(9-5-18)35-25(27,28)29/h4-11,13-14,16,23H,1-3,12,15H2/t23-/m0/s1. The normalized spacial score (nSPS) is 16.7. The number of sulfonamides is 1. The third-order valence-corrected chi connectivity index (χ3v) is 7.79. The van der Waals surface area contributed by atoms with Gasteiger partial charge >= 0.3 is 6.36 Å². The summed E-state index contributed by atoms with van der Waals surface area (Å²) in [4.78, 5) is 17.2. The van der Waals surface area contributed by atoms with Crippen molar-refractivity contribution in [2.75, 3.05) is 6.54 Å². The Bertz CT molecular complexity index is 1330. The van der Waals surface area contributed by atoms with Gasteiger partial charge in [0.25, 0.3) is 0 Å². The zero-order valence-corrected chi connectivity index (χ0v) is 19.7. The molecule has 0 radical (unpaired) electrons. The number of aryl methyl sites for hydroxylation is 1. The maximum Gasteiger partial charge on any atom is 0.573 e. The predicted molar refractivity (Wildman–Crippen MR) is 123 cm³/mol. The van der Waals surface area contributed by atoms with Gasteiger partial charge in [0.2, 0.25) is 10.0 Å². The fraction of sp³-hybridized carbons (Fsp3) is 0.280. The summed E-state index contributed by atoms with van der Waals surface area (Å²) in [5, 5.41) is 0. The SMILES string of the molecule is O=C(CCc1ccnc(-c2ccc(OC(F)(F)F)cc2)c1)[C@@H]1CCCN1S(=O)(=O)c1ccc(F)cc1. The van der Waals surface area contributed by atoms with E-state index in [4.69, 9.17) is 0 Å². The van der Waals surface area contributed by atoms with Crippen molar-refractivity contribution in [2.45, 2.75) is 43.0 Å². The molecule has 1 aromatic heterocycles. The zero-order chi connectivity index (χ0) is 25.9. The summed E-state index contributed by atoms with van der Waals surface area (Å²) in [6, 6.07) is 12.5. The number of rotatable bonds is 8. The second-order valence-electron chi connectivity index (χ2n) is 8.32. The summed E-state index contributed by atoms with van der Waals surface area (Å²) in [6.45, 7) is 0.212. The van der Waals surface area contributed by atoms with E-state index in [-0.39, 0.29) is 29.4 Å². The van der Waals surface area contributed by atoms with Crippen molar-refractivity contribution in [1.82, 2.24) is 9.29 Å². The second-order valence-corrected chi connectivity index (χ2v) is 10.2. The van der Waals surface area contributed by atoms with Crippen LogP contribution in [-0.4, -0.2) is 42.4 Å². The molecule has 0 amide bonds. The quantitative estimate of drug-likeness (QED) is 0.383. The van der Waals surface area contributed by atoms with Crippen molar-refractivity contribution in [3.63, 3.8) is 0 Å². The first-order chi connectivity index (χ1) is 17.0. The van der Waals surface area contributed by atoms with Crippen LogP contribution in [0.4, 0.5) is 17.6 Å². The van der Waals surface area contributed by atoms with Crippen molar-refractivity contribution < 1.29 is 35.5 Å². The minimum Gasteiger partial charge on any atom is -0.406 e. The molecule has 1 atom stereocenters. The molecule has 0 spiro atoms. The molecule has 190 valence electrons. The summed E-state index contributed by atoms with van der Waals surface area (Å²) in [7, 11) is -3.94. The van der Waals surface area contributed by atoms with Gasteiger partial charge < -0.3 is 4.74 Å². The number of ketones is 1. The van der Waals surface area contributed by atoms with Gasteiger partial charge in [-0.3, -0.25) is 9.78 Å². The Balaban J connectivity index is 1.42. The van der Waals surface area contributed by atoms with Crippen LogP contribution in [-0.2, 0) is 21.2 Å². The van der Waals surface area contributed by atoms with E-state index in [1.54, 1.807) is 12.1 Å². The molecular formula is C25H22F4N2O4S. The molecule has 2 heterocycles. The van der Waals surface area contributed by atoms with Crippen LogP contribution in [0.2, 0.25) is 0 Å². The number of benzene rings is 2. The molecule has 1 aliphatic heterocycles. The molecule has 11 heteroatoms. The lowest BCUT2D eigenvalue weighted by atomic mass is 10.0. The van der Waals surface area contributed by atoms with Crippen molar-refractivity contribution in [1.29, 1.82) is 0 Å². The Morgan fingerprint density at radius 3 is 2.42 bits per heavy atom. The summed E-state index contributed by atoms with van der Waals surface area (Å²) in [6.07, 6.45) is -1.85. The zero-order valence-electron chi connectivity index (χ0n) is 18.9. The summed E-state index contributed by atoms with van der Waals surface area (Å²) in [5.41, 5.74) is 1.86. The van der Waals surface area contributed by atoms with Crippen LogP contribution in [0.1, 0.15) is 24.8 Å². The third kappa shape index (κ3) is 6.08. The van der Waals surface area contributed by atoms with Gasteiger partial charge in [0.1, 0.15) is 11.6 Å². The van der Waals surface area contributed by atoms with Crippen LogP contribution in [0.5, 0.6) is 5.75 Å². The number of hydrogen-bond donors (Lipinski definition) is 0. The number of aromatic nitrogens is 1. The topological polar surface area (TPSA) is 76.6 Å². The number of carbonyl (C=O) groups is 1. The van der Waals surface area contributed by atoms with Crippen molar-refractivity contribution in [2.24, 2.45) is 0 Å². The van der Waals surface area contributed by atoms with Gasteiger partial charge in [-0.2, -0.15) is 4.31 Å². The molecule has 4 rings (SSSR count). The van der Waals surface area contributed by atoms with E-state index in [2.05, 4.69) is 9.72 Å². The van der Waals surface area contributed by atoms with Gasteiger partial charge in [0.15, 0.2) is 5.78 Å². The minimum absolute atomic E-state index is 0.0611. The van der Waals surface area contributed by atoms with Gasteiger partial charge in [0, 0.05) is 24.7 Å². The lowest BCUT2D eigenvalue weighted by molar-refractivity contribution is -0.274. The highest BCUT2D eigenvalue weighted by molar-refractivity contribution is 7.89. The first-order valence-corrected chi connectivity index (χ1v) is 12.6. The number of halogens is 4. The summed E-state index contributed by atoms with van der Waals surface area (Å²) >= 11 is 0. The number of carbonyl (C=O) groups excluding carboxylic acids is 1. The number of nitrogens with zero attached hydrogens (tertiary/aromatic N) is 2. The Kier molecular flexibility index (Phi) is 7.41. The van der Waals surface area contributed by atoms with Crippen LogP contribution in [0.25, 0.3) is 11.3 Å². The first-order valence-electron chi connectivity index (χ1n) is 11.1. The molecule has 1 saturated heterocycles. The van der Waals surface area contributed by atoms with Gasteiger partial charge in [-0.25, -0.2) is 12.8 Å². The molecule has 1 fully saturated rings. The Hall–Kier alpha value is -3.31. The van der Waals surface area contributed by atoms with Crippen LogP contribution in [0.3, 0.4) is 0 Å². The maximum atomic E-state index is 13.2. The van der Waals surface area contributed by atoms with Crippen LogP contribution < -0.4 is 4.74 Å². The van der Waals surface area contributed by atoms with Gasteiger partial charge in [-0.05, 0) is 85.5 Å². The molecule has 0 aliphatic carbocycles. The summed E-state index contributed by atoms with van der Waals surface area (Å²) in [5.74, 6) is -1.11. The van der Waals surface area contributed by atoms with Crippen LogP contribution in [0, 0.1) is 5.82 Å². The molecule has 0 bridgehead atoms. The van der Waals surface area contributed by atoms with E-state index in [1.165, 1.54) is 46.9 Å². The van der Waals surface area contributed by atoms with Gasteiger partial charge in [-0.1, -0.05) is 0 Å².